The molecule has 0 aromatic heterocycles. The van der Waals surface area contributed by atoms with Crippen LogP contribution in [0, 0.1) is 0 Å². The molecule has 130 valence electrons. The van der Waals surface area contributed by atoms with E-state index >= 15 is 0 Å². The monoisotopic (exact) mass is 357 g/mol. The standard InChI is InChI=1S/C19H20ClN3O2/c1-2-25-17-7-4-3-6-16(17)18-21-12-5-13-22(21)19(24)23(18)15-10-8-14(20)9-11-15/h3-4,6-11,18H,2,5,12-13H2,1H3. The molecule has 0 bridgehead atoms. The number of halogens is 1. The van der Waals surface area contributed by atoms with Crippen molar-refractivity contribution in [3.8, 4) is 5.75 Å². The van der Waals surface area contributed by atoms with E-state index in [2.05, 4.69) is 5.01 Å². The van der Waals surface area contributed by atoms with Gasteiger partial charge in [-0.2, -0.15) is 5.01 Å². The molecule has 5 nitrogen and oxygen atoms in total. The Morgan fingerprint density at radius 3 is 2.64 bits per heavy atom. The molecule has 0 aliphatic carbocycles. The number of benzene rings is 2. The van der Waals surface area contributed by atoms with Gasteiger partial charge in [0.2, 0.25) is 0 Å². The van der Waals surface area contributed by atoms with Crippen molar-refractivity contribution in [2.75, 3.05) is 24.6 Å². The highest BCUT2D eigenvalue weighted by molar-refractivity contribution is 6.30. The maximum absolute atomic E-state index is 13.1. The van der Waals surface area contributed by atoms with Crippen LogP contribution in [0.4, 0.5) is 10.5 Å². The van der Waals surface area contributed by atoms with Gasteiger partial charge < -0.3 is 4.74 Å². The SMILES string of the molecule is CCOc1ccccc1C1N(c2ccc(Cl)cc2)C(=O)N2CCCN12. The summed E-state index contributed by atoms with van der Waals surface area (Å²) < 4.78 is 5.83. The van der Waals surface area contributed by atoms with Crippen LogP contribution in [0.25, 0.3) is 0 Å². The van der Waals surface area contributed by atoms with Gasteiger partial charge in [-0.05, 0) is 43.7 Å². The van der Waals surface area contributed by atoms with Crippen molar-refractivity contribution >= 4 is 23.3 Å². The first-order valence-corrected chi connectivity index (χ1v) is 8.93. The van der Waals surface area contributed by atoms with Crippen molar-refractivity contribution in [2.24, 2.45) is 0 Å². The molecule has 2 aromatic rings. The van der Waals surface area contributed by atoms with Gasteiger partial charge in [0.15, 0.2) is 0 Å². The molecule has 1 atom stereocenters. The highest BCUT2D eigenvalue weighted by Crippen LogP contribution is 2.43. The van der Waals surface area contributed by atoms with Gasteiger partial charge in [-0.15, -0.1) is 0 Å². The predicted octanol–water partition coefficient (Wildman–Crippen LogP) is 4.30. The average molecular weight is 358 g/mol. The maximum Gasteiger partial charge on any atom is 0.340 e. The lowest BCUT2D eigenvalue weighted by Crippen LogP contribution is -2.32. The summed E-state index contributed by atoms with van der Waals surface area (Å²) in [6.07, 6.45) is 0.770. The Hall–Kier alpha value is -2.24. The number of carbonyl (C=O) groups excluding carboxylic acids is 1. The Labute approximate surface area is 152 Å². The third-order valence-electron chi connectivity index (χ3n) is 4.62. The summed E-state index contributed by atoms with van der Waals surface area (Å²) in [5, 5.41) is 4.62. The van der Waals surface area contributed by atoms with Crippen LogP contribution >= 0.6 is 11.6 Å². The Bertz CT molecular complexity index is 780. The third kappa shape index (κ3) is 2.73. The van der Waals surface area contributed by atoms with Crippen molar-refractivity contribution in [1.29, 1.82) is 0 Å². The average Bonchev–Trinajstić information content (AvgIpc) is 3.19. The van der Waals surface area contributed by atoms with Crippen LogP contribution in [0.5, 0.6) is 5.75 Å². The Balaban J connectivity index is 1.81. The van der Waals surface area contributed by atoms with Crippen molar-refractivity contribution in [2.45, 2.75) is 19.5 Å². The van der Waals surface area contributed by atoms with Crippen molar-refractivity contribution in [1.82, 2.24) is 10.0 Å². The molecule has 0 spiro atoms. The molecular weight excluding hydrogens is 338 g/mol. The van der Waals surface area contributed by atoms with Gasteiger partial charge in [-0.25, -0.2) is 4.79 Å². The molecule has 2 aromatic carbocycles. The first-order chi connectivity index (χ1) is 12.2. The zero-order valence-corrected chi connectivity index (χ0v) is 14.8. The van der Waals surface area contributed by atoms with E-state index in [1.165, 1.54) is 0 Å². The van der Waals surface area contributed by atoms with Crippen molar-refractivity contribution in [3.63, 3.8) is 0 Å². The lowest BCUT2D eigenvalue weighted by atomic mass is 10.1. The maximum atomic E-state index is 13.1. The molecule has 2 aliphatic heterocycles. The molecule has 2 aliphatic rings. The lowest BCUT2D eigenvalue weighted by molar-refractivity contribution is 0.0715. The van der Waals surface area contributed by atoms with Crippen LogP contribution in [-0.2, 0) is 0 Å². The summed E-state index contributed by atoms with van der Waals surface area (Å²) >= 11 is 6.03. The fourth-order valence-corrected chi connectivity index (χ4v) is 3.71. The van der Waals surface area contributed by atoms with Crippen molar-refractivity contribution < 1.29 is 9.53 Å². The first-order valence-electron chi connectivity index (χ1n) is 8.55. The minimum Gasteiger partial charge on any atom is -0.493 e. The summed E-state index contributed by atoms with van der Waals surface area (Å²) in [5.41, 5.74) is 1.83. The van der Waals surface area contributed by atoms with E-state index in [0.29, 0.717) is 11.6 Å². The topological polar surface area (TPSA) is 36.0 Å². The van der Waals surface area contributed by atoms with Crippen LogP contribution in [0.2, 0.25) is 5.02 Å². The van der Waals surface area contributed by atoms with E-state index in [4.69, 9.17) is 16.3 Å². The van der Waals surface area contributed by atoms with Gasteiger partial charge in [-0.1, -0.05) is 29.8 Å². The summed E-state index contributed by atoms with van der Waals surface area (Å²) in [7, 11) is 0. The highest BCUT2D eigenvalue weighted by atomic mass is 35.5. The van der Waals surface area contributed by atoms with E-state index in [1.807, 2.05) is 65.4 Å². The van der Waals surface area contributed by atoms with E-state index < -0.39 is 0 Å². The zero-order valence-electron chi connectivity index (χ0n) is 14.1. The molecule has 0 radical (unpaired) electrons. The third-order valence-corrected chi connectivity index (χ3v) is 4.87. The van der Waals surface area contributed by atoms with E-state index in [-0.39, 0.29) is 12.2 Å². The van der Waals surface area contributed by atoms with E-state index in [0.717, 1.165) is 36.5 Å². The van der Waals surface area contributed by atoms with Gasteiger partial charge in [0.1, 0.15) is 11.9 Å². The molecule has 2 saturated heterocycles. The Kier molecular flexibility index (Phi) is 4.27. The number of carbonyl (C=O) groups is 1. The second-order valence-electron chi connectivity index (χ2n) is 6.11. The van der Waals surface area contributed by atoms with Crippen LogP contribution in [0.15, 0.2) is 48.5 Å². The molecule has 2 heterocycles. The van der Waals surface area contributed by atoms with E-state index in [9.17, 15) is 4.79 Å². The number of hydrazine groups is 1. The largest absolute Gasteiger partial charge is 0.493 e. The molecule has 4 rings (SSSR count). The smallest absolute Gasteiger partial charge is 0.340 e. The minimum atomic E-state index is -0.209. The zero-order chi connectivity index (χ0) is 17.4. The Morgan fingerprint density at radius 1 is 1.12 bits per heavy atom. The molecule has 0 saturated carbocycles. The predicted molar refractivity (Wildman–Crippen MR) is 97.7 cm³/mol. The summed E-state index contributed by atoms with van der Waals surface area (Å²) in [6.45, 7) is 4.15. The van der Waals surface area contributed by atoms with Crippen molar-refractivity contribution in [3.05, 3.63) is 59.1 Å². The van der Waals surface area contributed by atoms with Gasteiger partial charge in [0.25, 0.3) is 0 Å². The molecule has 0 N–H and O–H groups in total. The lowest BCUT2D eigenvalue weighted by Gasteiger charge is -2.29. The number of rotatable bonds is 4. The van der Waals surface area contributed by atoms with Gasteiger partial charge in [0.05, 0.1) is 6.61 Å². The van der Waals surface area contributed by atoms with Gasteiger partial charge in [-0.3, -0.25) is 9.91 Å². The molecule has 2 fully saturated rings. The number of amides is 2. The number of fused-ring (bicyclic) bond motifs is 1. The number of nitrogens with zero attached hydrogens (tertiary/aromatic N) is 3. The summed E-state index contributed by atoms with van der Waals surface area (Å²) in [4.78, 5) is 14.9. The number of ether oxygens (including phenoxy) is 1. The second kappa shape index (κ2) is 6.58. The first kappa shape index (κ1) is 16.2. The van der Waals surface area contributed by atoms with Crippen LogP contribution in [-0.4, -0.2) is 35.7 Å². The van der Waals surface area contributed by atoms with E-state index in [1.54, 1.807) is 0 Å². The second-order valence-corrected chi connectivity index (χ2v) is 6.55. The number of hydrogen-bond acceptors (Lipinski definition) is 3. The summed E-state index contributed by atoms with van der Waals surface area (Å²) in [6, 6.07) is 15.3. The van der Waals surface area contributed by atoms with Gasteiger partial charge >= 0.3 is 6.03 Å². The molecule has 1 unspecified atom stereocenters. The fourth-order valence-electron chi connectivity index (χ4n) is 3.59. The summed E-state index contributed by atoms with van der Waals surface area (Å²) in [5.74, 6) is 0.815. The number of anilines is 1. The molecule has 6 heteroatoms. The molecular formula is C19H20ClN3O2. The molecule has 25 heavy (non-hydrogen) atoms. The van der Waals surface area contributed by atoms with Crippen LogP contribution in [0.1, 0.15) is 25.1 Å². The Morgan fingerprint density at radius 2 is 1.88 bits per heavy atom. The molecule has 2 amide bonds. The normalized spacial score (nSPS) is 20.2. The van der Waals surface area contributed by atoms with Crippen LogP contribution in [0.3, 0.4) is 0 Å². The number of urea groups is 1. The van der Waals surface area contributed by atoms with Crippen LogP contribution < -0.4 is 9.64 Å². The number of para-hydroxylation sites is 1. The minimum absolute atomic E-state index is 0.00359. The number of hydrogen-bond donors (Lipinski definition) is 0. The van der Waals surface area contributed by atoms with Gasteiger partial charge in [0, 0.05) is 29.4 Å². The fraction of sp³-hybridized carbons (Fsp3) is 0.316. The highest BCUT2D eigenvalue weighted by Gasteiger charge is 2.48. The quantitative estimate of drug-likeness (QED) is 0.818.